The Balaban J connectivity index is 2.54. The molecular weight excluding hydrogens is 324 g/mol. The Labute approximate surface area is 149 Å². The van der Waals surface area contributed by atoms with Gasteiger partial charge in [-0.05, 0) is 45.0 Å². The van der Waals surface area contributed by atoms with Crippen molar-refractivity contribution in [3.8, 4) is 0 Å². The van der Waals surface area contributed by atoms with E-state index in [1.54, 1.807) is 32.5 Å². The summed E-state index contributed by atoms with van der Waals surface area (Å²) in [5.74, 6) is -0.264. The van der Waals surface area contributed by atoms with Gasteiger partial charge in [-0.3, -0.25) is 4.79 Å². The van der Waals surface area contributed by atoms with E-state index in [4.69, 9.17) is 4.74 Å². The van der Waals surface area contributed by atoms with Crippen molar-refractivity contribution in [1.82, 2.24) is 4.90 Å². The summed E-state index contributed by atoms with van der Waals surface area (Å²) in [6, 6.07) is 7.67. The number of hydrogen-bond acceptors (Lipinski definition) is 4. The van der Waals surface area contributed by atoms with Gasteiger partial charge in [0.2, 0.25) is 5.91 Å². The molecule has 0 aliphatic rings. The number of carbonyl (C=O) groups excluding carboxylic acids is 2. The molecule has 5 nitrogen and oxygen atoms in total. The van der Waals surface area contributed by atoms with Gasteiger partial charge in [0, 0.05) is 22.4 Å². The lowest BCUT2D eigenvalue weighted by molar-refractivity contribution is -0.117. The molecule has 1 N–H and O–H groups in total. The second kappa shape index (κ2) is 7.92. The third-order valence-corrected chi connectivity index (χ3v) is 3.77. The van der Waals surface area contributed by atoms with Gasteiger partial charge in [0.15, 0.2) is 0 Å². The summed E-state index contributed by atoms with van der Waals surface area (Å²) in [5, 5.41) is 2.78. The van der Waals surface area contributed by atoms with E-state index in [-0.39, 0.29) is 17.2 Å². The van der Waals surface area contributed by atoms with Gasteiger partial charge in [-0.15, -0.1) is 11.8 Å². The van der Waals surface area contributed by atoms with E-state index >= 15 is 0 Å². The number of nitrogens with zero attached hydrogens (tertiary/aromatic N) is 1. The highest BCUT2D eigenvalue weighted by Crippen LogP contribution is 2.32. The number of anilines is 1. The summed E-state index contributed by atoms with van der Waals surface area (Å²) in [6.07, 6.45) is -0.519. The summed E-state index contributed by atoms with van der Waals surface area (Å²) >= 11 is 1.77. The third-order valence-electron chi connectivity index (χ3n) is 2.65. The van der Waals surface area contributed by atoms with Crippen LogP contribution in [0.4, 0.5) is 10.5 Å². The lowest BCUT2D eigenvalue weighted by Crippen LogP contribution is -2.38. The maximum absolute atomic E-state index is 12.0. The maximum atomic E-state index is 12.0. The van der Waals surface area contributed by atoms with Crippen molar-refractivity contribution in [1.29, 1.82) is 0 Å². The second-order valence-corrected chi connectivity index (χ2v) is 9.52. The first-order valence-corrected chi connectivity index (χ1v) is 8.70. The molecule has 24 heavy (non-hydrogen) atoms. The van der Waals surface area contributed by atoms with Gasteiger partial charge in [0.05, 0.1) is 0 Å². The van der Waals surface area contributed by atoms with Crippen molar-refractivity contribution in [2.24, 2.45) is 0 Å². The standard InChI is InChI=1S/C18H28N2O3S/c1-17(2,3)23-16(22)20(7)12-15(21)19-13-8-10-14(11-9-13)24-18(4,5)6/h8-11H,12H2,1-7H3,(H,19,21). The van der Waals surface area contributed by atoms with Crippen molar-refractivity contribution in [3.05, 3.63) is 24.3 Å². The molecule has 1 rings (SSSR count). The van der Waals surface area contributed by atoms with Gasteiger partial charge in [0.25, 0.3) is 0 Å². The van der Waals surface area contributed by atoms with Gasteiger partial charge < -0.3 is 15.0 Å². The fourth-order valence-corrected chi connectivity index (χ4v) is 2.76. The molecule has 0 spiro atoms. The summed E-state index contributed by atoms with van der Waals surface area (Å²) in [6.45, 7) is 11.8. The zero-order valence-electron chi connectivity index (χ0n) is 15.6. The fraction of sp³-hybridized carbons (Fsp3) is 0.556. The highest BCUT2D eigenvalue weighted by molar-refractivity contribution is 8.00. The fourth-order valence-electron chi connectivity index (χ4n) is 1.78. The van der Waals surface area contributed by atoms with Gasteiger partial charge in [-0.2, -0.15) is 0 Å². The molecule has 6 heteroatoms. The van der Waals surface area contributed by atoms with Crippen LogP contribution in [0, 0.1) is 0 Å². The van der Waals surface area contributed by atoms with Crippen LogP contribution < -0.4 is 5.32 Å². The third kappa shape index (κ3) is 8.24. The first-order chi connectivity index (χ1) is 10.9. The van der Waals surface area contributed by atoms with Crippen LogP contribution in [0.2, 0.25) is 0 Å². The molecule has 0 saturated carbocycles. The van der Waals surface area contributed by atoms with Gasteiger partial charge in [-0.1, -0.05) is 20.8 Å². The molecule has 0 aliphatic carbocycles. The maximum Gasteiger partial charge on any atom is 0.410 e. The molecule has 0 radical (unpaired) electrons. The summed E-state index contributed by atoms with van der Waals surface area (Å²) in [5.41, 5.74) is 0.124. The van der Waals surface area contributed by atoms with Crippen LogP contribution in [0.3, 0.4) is 0 Å². The Morgan fingerprint density at radius 3 is 2.08 bits per heavy atom. The topological polar surface area (TPSA) is 58.6 Å². The molecule has 134 valence electrons. The van der Waals surface area contributed by atoms with Crippen LogP contribution in [0.1, 0.15) is 41.5 Å². The highest BCUT2D eigenvalue weighted by atomic mass is 32.2. The van der Waals surface area contributed by atoms with Gasteiger partial charge >= 0.3 is 6.09 Å². The van der Waals surface area contributed by atoms with Crippen LogP contribution in [0.5, 0.6) is 0 Å². The Hall–Kier alpha value is -1.69. The zero-order chi connectivity index (χ0) is 18.5. The molecular formula is C18H28N2O3S. The van der Waals surface area contributed by atoms with Crippen molar-refractivity contribution >= 4 is 29.4 Å². The number of benzene rings is 1. The second-order valence-electron chi connectivity index (χ2n) is 7.62. The number of nitrogens with one attached hydrogen (secondary N) is 1. The van der Waals surface area contributed by atoms with E-state index in [2.05, 4.69) is 26.1 Å². The number of carbonyl (C=O) groups is 2. The molecule has 0 fully saturated rings. The van der Waals surface area contributed by atoms with E-state index in [0.717, 1.165) is 4.90 Å². The molecule has 1 aromatic carbocycles. The van der Waals surface area contributed by atoms with Gasteiger partial charge in [-0.25, -0.2) is 4.79 Å². The predicted molar refractivity (Wildman–Crippen MR) is 99.5 cm³/mol. The van der Waals surface area contributed by atoms with Crippen molar-refractivity contribution < 1.29 is 14.3 Å². The first-order valence-electron chi connectivity index (χ1n) is 7.89. The normalized spacial score (nSPS) is 11.8. The molecule has 0 heterocycles. The van der Waals surface area contributed by atoms with Crippen LogP contribution in [-0.4, -0.2) is 40.8 Å². The molecule has 0 saturated heterocycles. The van der Waals surface area contributed by atoms with E-state index in [9.17, 15) is 9.59 Å². The summed E-state index contributed by atoms with van der Waals surface area (Å²) < 4.78 is 5.36. The molecule has 1 aromatic rings. The highest BCUT2D eigenvalue weighted by Gasteiger charge is 2.21. The molecule has 0 unspecified atom stereocenters. The number of likely N-dealkylation sites (N-methyl/N-ethyl adjacent to an activating group) is 1. The van der Waals surface area contributed by atoms with E-state index in [1.165, 1.54) is 11.9 Å². The Morgan fingerprint density at radius 1 is 1.08 bits per heavy atom. The Bertz CT molecular complexity index is 571. The van der Waals surface area contributed by atoms with Crippen LogP contribution in [-0.2, 0) is 9.53 Å². The number of amides is 2. The van der Waals surface area contributed by atoms with Crippen molar-refractivity contribution in [2.45, 2.75) is 56.8 Å². The minimum atomic E-state index is -0.581. The molecule has 0 aliphatic heterocycles. The number of thioether (sulfide) groups is 1. The van der Waals surface area contributed by atoms with Crippen molar-refractivity contribution in [3.63, 3.8) is 0 Å². The van der Waals surface area contributed by atoms with Crippen LogP contribution in [0.25, 0.3) is 0 Å². The molecule has 0 atom stereocenters. The Morgan fingerprint density at radius 2 is 1.62 bits per heavy atom. The number of ether oxygens (including phenoxy) is 1. The average molecular weight is 353 g/mol. The molecule has 0 bridgehead atoms. The molecule has 0 aromatic heterocycles. The van der Waals surface area contributed by atoms with Gasteiger partial charge in [0.1, 0.15) is 12.1 Å². The number of hydrogen-bond donors (Lipinski definition) is 1. The smallest absolute Gasteiger partial charge is 0.410 e. The average Bonchev–Trinajstić information content (AvgIpc) is 2.37. The minimum absolute atomic E-state index is 0.0621. The van der Waals surface area contributed by atoms with Crippen molar-refractivity contribution in [2.75, 3.05) is 18.9 Å². The first kappa shape index (κ1) is 20.4. The quantitative estimate of drug-likeness (QED) is 0.817. The van der Waals surface area contributed by atoms with E-state index < -0.39 is 11.7 Å². The van der Waals surface area contributed by atoms with E-state index in [1.807, 2.05) is 24.3 Å². The minimum Gasteiger partial charge on any atom is -0.444 e. The summed E-state index contributed by atoms with van der Waals surface area (Å²) in [4.78, 5) is 26.3. The lowest BCUT2D eigenvalue weighted by atomic mass is 10.2. The summed E-state index contributed by atoms with van der Waals surface area (Å²) in [7, 11) is 1.54. The van der Waals surface area contributed by atoms with Crippen LogP contribution >= 0.6 is 11.8 Å². The predicted octanol–water partition coefficient (Wildman–Crippen LogP) is 4.38. The number of rotatable bonds is 4. The monoisotopic (exact) mass is 352 g/mol. The largest absolute Gasteiger partial charge is 0.444 e. The lowest BCUT2D eigenvalue weighted by Gasteiger charge is -2.24. The zero-order valence-corrected chi connectivity index (χ0v) is 16.4. The van der Waals surface area contributed by atoms with E-state index in [0.29, 0.717) is 5.69 Å². The SMILES string of the molecule is CN(CC(=O)Nc1ccc(SC(C)(C)C)cc1)C(=O)OC(C)(C)C. The Kier molecular flexibility index (Phi) is 6.72. The molecule has 2 amide bonds. The van der Waals surface area contributed by atoms with Crippen LogP contribution in [0.15, 0.2) is 29.2 Å².